The van der Waals surface area contributed by atoms with Crippen molar-refractivity contribution in [2.75, 3.05) is 6.54 Å². The van der Waals surface area contributed by atoms with Gasteiger partial charge >= 0.3 is 5.97 Å². The molecule has 0 unspecified atom stereocenters. The van der Waals surface area contributed by atoms with Crippen LogP contribution >= 0.6 is 0 Å². The molecule has 8 heteroatoms. The van der Waals surface area contributed by atoms with Gasteiger partial charge in [0.2, 0.25) is 10.0 Å². The molecule has 0 bridgehead atoms. The highest BCUT2D eigenvalue weighted by molar-refractivity contribution is 7.89. The molecule has 3 rings (SSSR count). The van der Waals surface area contributed by atoms with Crippen molar-refractivity contribution < 1.29 is 22.7 Å². The SMILES string of the molecule is Cc1nc(-c2ccc(S(=O)(=O)N3CCC[C@@H]3C(=O)O)cc2)co1. The van der Waals surface area contributed by atoms with E-state index in [2.05, 4.69) is 4.98 Å². The van der Waals surface area contributed by atoms with Crippen LogP contribution in [0.2, 0.25) is 0 Å². The zero-order chi connectivity index (χ0) is 16.6. The predicted octanol–water partition coefficient (Wildman–Crippen LogP) is 1.89. The Bertz CT molecular complexity index is 826. The molecule has 1 fully saturated rings. The van der Waals surface area contributed by atoms with E-state index in [1.807, 2.05) is 0 Å². The van der Waals surface area contributed by atoms with Crippen LogP contribution in [0, 0.1) is 6.92 Å². The molecule has 122 valence electrons. The Morgan fingerprint density at radius 1 is 1.35 bits per heavy atom. The molecule has 1 aliphatic rings. The minimum absolute atomic E-state index is 0.0783. The van der Waals surface area contributed by atoms with Crippen molar-refractivity contribution in [3.05, 3.63) is 36.4 Å². The number of benzene rings is 1. The van der Waals surface area contributed by atoms with E-state index in [-0.39, 0.29) is 11.4 Å². The first-order chi connectivity index (χ1) is 10.9. The normalized spacial score (nSPS) is 19.1. The van der Waals surface area contributed by atoms with Gasteiger partial charge in [0.25, 0.3) is 0 Å². The van der Waals surface area contributed by atoms with Gasteiger partial charge in [0.15, 0.2) is 5.89 Å². The first-order valence-corrected chi connectivity index (χ1v) is 8.61. The third-order valence-electron chi connectivity index (χ3n) is 3.86. The Morgan fingerprint density at radius 3 is 2.61 bits per heavy atom. The van der Waals surface area contributed by atoms with E-state index in [0.29, 0.717) is 24.4 Å². The molecular formula is C15H16N2O5S. The Hall–Kier alpha value is -2.19. The van der Waals surface area contributed by atoms with Crippen molar-refractivity contribution >= 4 is 16.0 Å². The summed E-state index contributed by atoms with van der Waals surface area (Å²) in [6.07, 6.45) is 2.39. The standard InChI is InChI=1S/C15H16N2O5S/c1-10-16-13(9-22-10)11-4-6-12(7-5-11)23(20,21)17-8-2-3-14(17)15(18)19/h4-7,9,14H,2-3,8H2,1H3,(H,18,19)/t14-/m1/s1. The molecule has 0 amide bonds. The molecule has 0 aliphatic carbocycles. The molecule has 1 N–H and O–H groups in total. The van der Waals surface area contributed by atoms with Gasteiger partial charge in [-0.3, -0.25) is 4.79 Å². The summed E-state index contributed by atoms with van der Waals surface area (Å²) in [6, 6.07) is 5.21. The lowest BCUT2D eigenvalue weighted by Gasteiger charge is -2.21. The fraction of sp³-hybridized carbons (Fsp3) is 0.333. The topological polar surface area (TPSA) is 101 Å². The number of oxazole rings is 1. The van der Waals surface area contributed by atoms with Crippen molar-refractivity contribution in [3.8, 4) is 11.3 Å². The van der Waals surface area contributed by atoms with Crippen molar-refractivity contribution in [3.63, 3.8) is 0 Å². The van der Waals surface area contributed by atoms with Crippen LogP contribution in [0.4, 0.5) is 0 Å². The number of aromatic nitrogens is 1. The minimum Gasteiger partial charge on any atom is -0.480 e. The van der Waals surface area contributed by atoms with Crippen LogP contribution < -0.4 is 0 Å². The molecule has 0 radical (unpaired) electrons. The lowest BCUT2D eigenvalue weighted by Crippen LogP contribution is -2.40. The van der Waals surface area contributed by atoms with Crippen LogP contribution in [-0.2, 0) is 14.8 Å². The fourth-order valence-corrected chi connectivity index (χ4v) is 4.35. The minimum atomic E-state index is -3.82. The molecule has 1 aromatic carbocycles. The smallest absolute Gasteiger partial charge is 0.322 e. The summed E-state index contributed by atoms with van der Waals surface area (Å²) in [5, 5.41) is 9.16. The summed E-state index contributed by atoms with van der Waals surface area (Å²) < 4.78 is 31.5. The summed E-state index contributed by atoms with van der Waals surface area (Å²) in [6.45, 7) is 1.95. The maximum Gasteiger partial charge on any atom is 0.322 e. The molecule has 1 saturated heterocycles. The van der Waals surface area contributed by atoms with E-state index in [1.165, 1.54) is 18.4 Å². The Labute approximate surface area is 133 Å². The van der Waals surface area contributed by atoms with Gasteiger partial charge in [-0.1, -0.05) is 12.1 Å². The lowest BCUT2D eigenvalue weighted by atomic mass is 10.2. The van der Waals surface area contributed by atoms with Gasteiger partial charge in [-0.15, -0.1) is 0 Å². The van der Waals surface area contributed by atoms with Gasteiger partial charge in [0.05, 0.1) is 4.90 Å². The summed E-state index contributed by atoms with van der Waals surface area (Å²) in [5.74, 6) is -0.584. The number of carbonyl (C=O) groups is 1. The summed E-state index contributed by atoms with van der Waals surface area (Å²) in [5.41, 5.74) is 1.35. The zero-order valence-corrected chi connectivity index (χ0v) is 13.3. The third kappa shape index (κ3) is 2.87. The van der Waals surface area contributed by atoms with Crippen LogP contribution in [0.15, 0.2) is 39.8 Å². The quantitative estimate of drug-likeness (QED) is 0.915. The molecule has 2 aromatic rings. The Morgan fingerprint density at radius 2 is 2.04 bits per heavy atom. The monoisotopic (exact) mass is 336 g/mol. The lowest BCUT2D eigenvalue weighted by molar-refractivity contribution is -0.140. The van der Waals surface area contributed by atoms with E-state index in [9.17, 15) is 13.2 Å². The van der Waals surface area contributed by atoms with Crippen LogP contribution in [-0.4, -0.2) is 41.4 Å². The van der Waals surface area contributed by atoms with Gasteiger partial charge in [0.1, 0.15) is 18.0 Å². The number of hydrogen-bond donors (Lipinski definition) is 1. The highest BCUT2D eigenvalue weighted by Gasteiger charge is 2.39. The first-order valence-electron chi connectivity index (χ1n) is 7.17. The molecule has 2 heterocycles. The average Bonchev–Trinajstić information content (AvgIpc) is 3.16. The van der Waals surface area contributed by atoms with Gasteiger partial charge in [-0.25, -0.2) is 13.4 Å². The molecule has 0 spiro atoms. The molecule has 1 aliphatic heterocycles. The second kappa shape index (κ2) is 5.78. The number of nitrogens with zero attached hydrogens (tertiary/aromatic N) is 2. The maximum absolute atomic E-state index is 12.6. The van der Waals surface area contributed by atoms with Crippen molar-refractivity contribution in [2.24, 2.45) is 0 Å². The number of aliphatic carboxylic acids is 1. The molecule has 0 saturated carbocycles. The van der Waals surface area contributed by atoms with Gasteiger partial charge in [-0.2, -0.15) is 4.31 Å². The number of hydrogen-bond acceptors (Lipinski definition) is 5. The number of rotatable bonds is 4. The second-order valence-corrected chi connectivity index (χ2v) is 7.28. The number of carboxylic acids is 1. The highest BCUT2D eigenvalue weighted by Crippen LogP contribution is 2.28. The van der Waals surface area contributed by atoms with Crippen LogP contribution in [0.1, 0.15) is 18.7 Å². The average molecular weight is 336 g/mol. The van der Waals surface area contributed by atoms with Crippen molar-refractivity contribution in [1.29, 1.82) is 0 Å². The van der Waals surface area contributed by atoms with E-state index >= 15 is 0 Å². The van der Waals surface area contributed by atoms with E-state index in [1.54, 1.807) is 19.1 Å². The van der Waals surface area contributed by atoms with Crippen molar-refractivity contribution in [1.82, 2.24) is 9.29 Å². The first kappa shape index (κ1) is 15.7. The summed E-state index contributed by atoms with van der Waals surface area (Å²) >= 11 is 0. The number of aryl methyl sites for hydroxylation is 1. The summed E-state index contributed by atoms with van der Waals surface area (Å²) in [7, 11) is -3.82. The van der Waals surface area contributed by atoms with Gasteiger partial charge in [0, 0.05) is 19.0 Å². The second-order valence-electron chi connectivity index (χ2n) is 5.39. The van der Waals surface area contributed by atoms with Crippen LogP contribution in [0.5, 0.6) is 0 Å². The van der Waals surface area contributed by atoms with E-state index in [0.717, 1.165) is 9.87 Å². The molecule has 23 heavy (non-hydrogen) atoms. The molecule has 7 nitrogen and oxygen atoms in total. The molecule has 1 atom stereocenters. The molecular weight excluding hydrogens is 320 g/mol. The summed E-state index contributed by atoms with van der Waals surface area (Å²) in [4.78, 5) is 15.5. The predicted molar refractivity (Wildman–Crippen MR) is 81.2 cm³/mol. The third-order valence-corrected chi connectivity index (χ3v) is 5.79. The van der Waals surface area contributed by atoms with Crippen LogP contribution in [0.3, 0.4) is 0 Å². The zero-order valence-electron chi connectivity index (χ0n) is 12.5. The van der Waals surface area contributed by atoms with Gasteiger partial charge in [-0.05, 0) is 25.0 Å². The van der Waals surface area contributed by atoms with Gasteiger partial charge < -0.3 is 9.52 Å². The van der Waals surface area contributed by atoms with E-state index in [4.69, 9.17) is 9.52 Å². The van der Waals surface area contributed by atoms with Crippen LogP contribution in [0.25, 0.3) is 11.3 Å². The largest absolute Gasteiger partial charge is 0.480 e. The molecule has 1 aromatic heterocycles. The maximum atomic E-state index is 12.6. The van der Waals surface area contributed by atoms with Crippen molar-refractivity contribution in [2.45, 2.75) is 30.7 Å². The Balaban J connectivity index is 1.90. The fourth-order valence-electron chi connectivity index (χ4n) is 2.70. The highest BCUT2D eigenvalue weighted by atomic mass is 32.2. The Kier molecular flexibility index (Phi) is 3.95. The van der Waals surface area contributed by atoms with E-state index < -0.39 is 22.0 Å². The number of sulfonamides is 1. The number of carboxylic acid groups (broad SMARTS) is 1.